The Bertz CT molecular complexity index is 1000. The topological polar surface area (TPSA) is 106 Å². The van der Waals surface area contributed by atoms with Crippen LogP contribution >= 0.6 is 0 Å². The summed E-state index contributed by atoms with van der Waals surface area (Å²) in [5, 5.41) is 22.2. The van der Waals surface area contributed by atoms with Gasteiger partial charge in [0.05, 0.1) is 29.7 Å². The van der Waals surface area contributed by atoms with Gasteiger partial charge >= 0.3 is 5.97 Å². The molecule has 2 saturated heterocycles. The van der Waals surface area contributed by atoms with Crippen LogP contribution in [0.5, 0.6) is 0 Å². The van der Waals surface area contributed by atoms with E-state index in [4.69, 9.17) is 9.47 Å². The Labute approximate surface area is 186 Å². The van der Waals surface area contributed by atoms with Crippen LogP contribution in [0.4, 0.5) is 0 Å². The van der Waals surface area contributed by atoms with Crippen LogP contribution < -0.4 is 0 Å². The normalized spacial score (nSPS) is 22.1. The predicted octanol–water partition coefficient (Wildman–Crippen LogP) is 0.612. The molecule has 0 aliphatic carbocycles. The Balaban J connectivity index is 1.18. The number of tetrazole rings is 1. The molecule has 3 aliphatic heterocycles. The number of benzene rings is 1. The summed E-state index contributed by atoms with van der Waals surface area (Å²) < 4.78 is 12.9. The molecule has 170 valence electrons. The van der Waals surface area contributed by atoms with E-state index in [0.29, 0.717) is 19.8 Å². The molecule has 10 heteroatoms. The van der Waals surface area contributed by atoms with E-state index in [0.717, 1.165) is 61.5 Å². The van der Waals surface area contributed by atoms with Gasteiger partial charge in [-0.15, -0.1) is 5.10 Å². The minimum absolute atomic E-state index is 0.199. The van der Waals surface area contributed by atoms with Crippen molar-refractivity contribution < 1.29 is 19.4 Å². The number of β-amino-alcohol motifs (C(OH)–C–C–N with tert-alkyl or cyclic N) is 1. The minimum Gasteiger partial charge on any atom is -0.456 e. The average molecular weight is 441 g/mol. The summed E-state index contributed by atoms with van der Waals surface area (Å²) in [5.74, 6) is -0.259. The van der Waals surface area contributed by atoms with Gasteiger partial charge in [-0.2, -0.15) is 0 Å². The fourth-order valence-corrected chi connectivity index (χ4v) is 4.88. The van der Waals surface area contributed by atoms with Crippen LogP contribution in [-0.2, 0) is 14.3 Å². The molecule has 2 fully saturated rings. The zero-order valence-electron chi connectivity index (χ0n) is 18.2. The number of rotatable bonds is 5. The Kier molecular flexibility index (Phi) is 5.66. The lowest BCUT2D eigenvalue weighted by molar-refractivity contribution is -0.136. The number of nitrogens with zero attached hydrogens (tertiary/aromatic N) is 6. The number of carbonyl (C=O) groups is 1. The van der Waals surface area contributed by atoms with Crippen molar-refractivity contribution in [1.82, 2.24) is 30.0 Å². The van der Waals surface area contributed by atoms with E-state index in [-0.39, 0.29) is 11.6 Å². The molecule has 1 aromatic carbocycles. The maximum atomic E-state index is 11.4. The van der Waals surface area contributed by atoms with E-state index in [1.807, 2.05) is 25.1 Å². The number of piperidine rings is 1. The van der Waals surface area contributed by atoms with Crippen LogP contribution in [0.25, 0.3) is 5.69 Å². The summed E-state index contributed by atoms with van der Waals surface area (Å²) in [4.78, 5) is 16.0. The van der Waals surface area contributed by atoms with E-state index in [2.05, 4.69) is 25.3 Å². The third-order valence-corrected chi connectivity index (χ3v) is 6.73. The monoisotopic (exact) mass is 440 g/mol. The van der Waals surface area contributed by atoms with Gasteiger partial charge in [-0.3, -0.25) is 0 Å². The summed E-state index contributed by atoms with van der Waals surface area (Å²) in [5.41, 5.74) is 3.55. The Hall–Kier alpha value is -2.82. The van der Waals surface area contributed by atoms with Gasteiger partial charge < -0.3 is 24.4 Å². The van der Waals surface area contributed by atoms with Crippen LogP contribution in [0.2, 0.25) is 0 Å². The summed E-state index contributed by atoms with van der Waals surface area (Å²) in [6.07, 6.45) is 4.38. The molecule has 1 N–H and O–H groups in total. The summed E-state index contributed by atoms with van der Waals surface area (Å²) in [7, 11) is 0. The molecule has 0 amide bonds. The first-order valence-corrected chi connectivity index (χ1v) is 11.0. The first-order chi connectivity index (χ1) is 15.5. The van der Waals surface area contributed by atoms with Crippen molar-refractivity contribution in [1.29, 1.82) is 0 Å². The molecule has 5 rings (SSSR count). The van der Waals surface area contributed by atoms with Gasteiger partial charge in [-0.25, -0.2) is 9.48 Å². The van der Waals surface area contributed by atoms with Crippen molar-refractivity contribution >= 4 is 5.97 Å². The molecular formula is C22H28N6O4. The number of carbonyl (C=O) groups excluding carboxylic acids is 1. The third-order valence-electron chi connectivity index (χ3n) is 6.73. The first kappa shape index (κ1) is 21.0. The number of hydrogen-bond acceptors (Lipinski definition) is 9. The maximum Gasteiger partial charge on any atom is 0.333 e. The predicted molar refractivity (Wildman–Crippen MR) is 114 cm³/mol. The number of likely N-dealkylation sites (tertiary alicyclic amines) is 1. The highest BCUT2D eigenvalue weighted by molar-refractivity contribution is 5.85. The SMILES string of the molecule is Cc1cc(-n2cnnn2)ccc1C(O)CN1CCC2(CC1)CN(C1=CC(=O)OC1)CCO2. The molecule has 4 heterocycles. The van der Waals surface area contributed by atoms with Gasteiger partial charge in [0.1, 0.15) is 12.9 Å². The van der Waals surface area contributed by atoms with E-state index < -0.39 is 6.10 Å². The highest BCUT2D eigenvalue weighted by Crippen LogP contribution is 2.33. The van der Waals surface area contributed by atoms with Crippen molar-refractivity contribution in [3.8, 4) is 5.69 Å². The van der Waals surface area contributed by atoms with Gasteiger partial charge in [0, 0.05) is 38.8 Å². The molecule has 3 aliphatic rings. The molecule has 10 nitrogen and oxygen atoms in total. The van der Waals surface area contributed by atoms with Crippen molar-refractivity contribution in [2.24, 2.45) is 0 Å². The number of aryl methyl sites for hydroxylation is 1. The summed E-state index contributed by atoms with van der Waals surface area (Å²) >= 11 is 0. The Morgan fingerprint density at radius 3 is 2.78 bits per heavy atom. The molecule has 0 saturated carbocycles. The fraction of sp³-hybridized carbons (Fsp3) is 0.545. The van der Waals surface area contributed by atoms with Crippen LogP contribution in [0, 0.1) is 6.92 Å². The highest BCUT2D eigenvalue weighted by atomic mass is 16.5. The number of aromatic nitrogens is 4. The van der Waals surface area contributed by atoms with Gasteiger partial charge in [-0.05, 0) is 53.5 Å². The number of esters is 1. The Morgan fingerprint density at radius 1 is 1.25 bits per heavy atom. The smallest absolute Gasteiger partial charge is 0.333 e. The number of cyclic esters (lactones) is 1. The van der Waals surface area contributed by atoms with E-state index in [9.17, 15) is 9.90 Å². The van der Waals surface area contributed by atoms with Crippen molar-refractivity contribution in [3.05, 3.63) is 47.4 Å². The molecule has 0 bridgehead atoms. The lowest BCUT2D eigenvalue weighted by Gasteiger charge is -2.48. The van der Waals surface area contributed by atoms with E-state index in [1.54, 1.807) is 17.1 Å². The third kappa shape index (κ3) is 4.25. The average Bonchev–Trinajstić information content (AvgIpc) is 3.48. The fourth-order valence-electron chi connectivity index (χ4n) is 4.88. The van der Waals surface area contributed by atoms with Crippen LogP contribution in [0.15, 0.2) is 36.3 Å². The lowest BCUT2D eigenvalue weighted by Crippen LogP contribution is -2.56. The van der Waals surface area contributed by atoms with Gasteiger partial charge in [0.15, 0.2) is 0 Å². The second-order valence-corrected chi connectivity index (χ2v) is 8.81. The molecule has 1 aromatic heterocycles. The van der Waals surface area contributed by atoms with Gasteiger partial charge in [0.25, 0.3) is 0 Å². The molecule has 2 aromatic rings. The summed E-state index contributed by atoms with van der Waals surface area (Å²) in [6, 6.07) is 5.85. The second kappa shape index (κ2) is 8.61. The van der Waals surface area contributed by atoms with Crippen molar-refractivity contribution in [2.75, 3.05) is 45.9 Å². The molecular weight excluding hydrogens is 412 g/mol. The maximum absolute atomic E-state index is 11.4. The second-order valence-electron chi connectivity index (χ2n) is 8.81. The standard InChI is InChI=1S/C22H28N6O4/c1-16-10-17(28-15-23-24-25-28)2-3-19(16)20(29)12-26-6-4-22(5-7-26)14-27(8-9-32-22)18-11-21(30)31-13-18/h2-3,10-11,15,20,29H,4-9,12-14H2,1H3. The largest absolute Gasteiger partial charge is 0.456 e. The molecule has 1 atom stereocenters. The van der Waals surface area contributed by atoms with Crippen molar-refractivity contribution in [3.63, 3.8) is 0 Å². The molecule has 0 radical (unpaired) electrons. The lowest BCUT2D eigenvalue weighted by atomic mass is 9.88. The molecule has 1 unspecified atom stereocenters. The number of hydrogen-bond donors (Lipinski definition) is 1. The first-order valence-electron chi connectivity index (χ1n) is 11.0. The molecule has 1 spiro atoms. The zero-order chi connectivity index (χ0) is 22.1. The van der Waals surface area contributed by atoms with Gasteiger partial charge in [-0.1, -0.05) is 6.07 Å². The van der Waals surface area contributed by atoms with Crippen LogP contribution in [-0.4, -0.2) is 92.6 Å². The number of aliphatic hydroxyl groups excluding tert-OH is 1. The highest BCUT2D eigenvalue weighted by Gasteiger charge is 2.41. The number of morpholine rings is 1. The number of aliphatic hydroxyl groups is 1. The van der Waals surface area contributed by atoms with Crippen LogP contribution in [0.1, 0.15) is 30.1 Å². The molecule has 32 heavy (non-hydrogen) atoms. The van der Waals surface area contributed by atoms with Crippen molar-refractivity contribution in [2.45, 2.75) is 31.5 Å². The Morgan fingerprint density at radius 2 is 2.09 bits per heavy atom. The van der Waals surface area contributed by atoms with E-state index in [1.165, 1.54) is 0 Å². The quantitative estimate of drug-likeness (QED) is 0.670. The minimum atomic E-state index is -0.567. The summed E-state index contributed by atoms with van der Waals surface area (Å²) in [6.45, 7) is 6.88. The van der Waals surface area contributed by atoms with Crippen LogP contribution in [0.3, 0.4) is 0 Å². The number of ether oxygens (including phenoxy) is 2. The van der Waals surface area contributed by atoms with Gasteiger partial charge in [0.2, 0.25) is 0 Å². The van der Waals surface area contributed by atoms with E-state index >= 15 is 0 Å². The zero-order valence-corrected chi connectivity index (χ0v) is 18.2.